The lowest BCUT2D eigenvalue weighted by Gasteiger charge is -2.12. The van der Waals surface area contributed by atoms with E-state index >= 15 is 0 Å². The van der Waals surface area contributed by atoms with E-state index in [1.807, 2.05) is 13.0 Å². The molecule has 0 aliphatic heterocycles. The van der Waals surface area contributed by atoms with E-state index in [1.165, 1.54) is 0 Å². The Labute approximate surface area is 101 Å². The summed E-state index contributed by atoms with van der Waals surface area (Å²) in [5.74, 6) is 0.702. The van der Waals surface area contributed by atoms with Crippen molar-refractivity contribution in [2.75, 3.05) is 30.8 Å². The summed E-state index contributed by atoms with van der Waals surface area (Å²) in [4.78, 5) is 0. The van der Waals surface area contributed by atoms with Crippen LogP contribution < -0.4 is 15.8 Å². The minimum Gasteiger partial charge on any atom is -0.493 e. The van der Waals surface area contributed by atoms with Crippen LogP contribution in [0, 0.1) is 0 Å². The van der Waals surface area contributed by atoms with Gasteiger partial charge in [-0.05, 0) is 12.5 Å². The Morgan fingerprint density at radius 3 is 2.82 bits per heavy atom. The van der Waals surface area contributed by atoms with Gasteiger partial charge in [0.1, 0.15) is 5.75 Å². The first kappa shape index (κ1) is 13.6. The summed E-state index contributed by atoms with van der Waals surface area (Å²) in [6.07, 6.45) is 0.150. The quantitative estimate of drug-likeness (QED) is 0.530. The van der Waals surface area contributed by atoms with Gasteiger partial charge in [-0.15, -0.1) is 0 Å². The van der Waals surface area contributed by atoms with Crippen LogP contribution in [0.4, 0.5) is 11.4 Å². The first-order valence-electron chi connectivity index (χ1n) is 5.72. The van der Waals surface area contributed by atoms with Crippen LogP contribution in [0.25, 0.3) is 0 Å². The first-order chi connectivity index (χ1) is 8.15. The molecule has 1 rings (SSSR count). The van der Waals surface area contributed by atoms with Crippen molar-refractivity contribution in [3.63, 3.8) is 0 Å². The zero-order chi connectivity index (χ0) is 12.7. The van der Waals surface area contributed by atoms with E-state index in [1.54, 1.807) is 12.1 Å². The molecule has 5 nitrogen and oxygen atoms in total. The molecule has 1 aromatic rings. The largest absolute Gasteiger partial charge is 0.493 e. The number of rotatable bonds is 7. The average Bonchev–Trinajstić information content (AvgIpc) is 2.32. The summed E-state index contributed by atoms with van der Waals surface area (Å²) in [5.41, 5.74) is 7.10. The van der Waals surface area contributed by atoms with Crippen molar-refractivity contribution in [3.8, 4) is 5.75 Å². The first-order valence-corrected chi connectivity index (χ1v) is 5.72. The van der Waals surface area contributed by atoms with Gasteiger partial charge in [-0.3, -0.25) is 0 Å². The molecule has 0 amide bonds. The topological polar surface area (TPSA) is 87.7 Å². The van der Waals surface area contributed by atoms with Gasteiger partial charge in [0.2, 0.25) is 0 Å². The molecule has 0 saturated heterocycles. The van der Waals surface area contributed by atoms with Gasteiger partial charge in [-0.2, -0.15) is 0 Å². The Kier molecular flexibility index (Phi) is 5.59. The SMILES string of the molecule is CCCOc1cc(N)cc(NCC(O)CO)c1. The monoisotopic (exact) mass is 240 g/mol. The van der Waals surface area contributed by atoms with Crippen molar-refractivity contribution >= 4 is 11.4 Å². The second-order valence-electron chi connectivity index (χ2n) is 3.86. The van der Waals surface area contributed by atoms with Crippen LogP contribution in [0.3, 0.4) is 0 Å². The van der Waals surface area contributed by atoms with Crippen LogP contribution in [0.5, 0.6) is 5.75 Å². The predicted octanol–water partition coefficient (Wildman–Crippen LogP) is 0.823. The van der Waals surface area contributed by atoms with Crippen molar-refractivity contribution in [3.05, 3.63) is 18.2 Å². The third-order valence-electron chi connectivity index (χ3n) is 2.15. The molecule has 1 atom stereocenters. The molecule has 0 heterocycles. The lowest BCUT2D eigenvalue weighted by Crippen LogP contribution is -2.22. The van der Waals surface area contributed by atoms with Crippen molar-refractivity contribution in [1.29, 1.82) is 0 Å². The lowest BCUT2D eigenvalue weighted by molar-refractivity contribution is 0.105. The molecule has 5 N–H and O–H groups in total. The van der Waals surface area contributed by atoms with Gasteiger partial charge in [0.15, 0.2) is 0 Å². The van der Waals surface area contributed by atoms with Crippen LogP contribution in [-0.4, -0.2) is 36.1 Å². The van der Waals surface area contributed by atoms with Crippen LogP contribution in [-0.2, 0) is 0 Å². The van der Waals surface area contributed by atoms with E-state index in [4.69, 9.17) is 15.6 Å². The standard InChI is InChI=1S/C12H20N2O3/c1-2-3-17-12-5-9(13)4-10(6-12)14-7-11(16)8-15/h4-6,11,14-16H,2-3,7-8,13H2,1H3. The molecule has 0 radical (unpaired) electrons. The highest BCUT2D eigenvalue weighted by atomic mass is 16.5. The van der Waals surface area contributed by atoms with E-state index in [0.29, 0.717) is 18.0 Å². The van der Waals surface area contributed by atoms with E-state index in [0.717, 1.165) is 12.1 Å². The highest BCUT2D eigenvalue weighted by Gasteiger charge is 2.03. The van der Waals surface area contributed by atoms with Crippen LogP contribution in [0.15, 0.2) is 18.2 Å². The number of nitrogens with two attached hydrogens (primary N) is 1. The maximum absolute atomic E-state index is 9.22. The van der Waals surface area contributed by atoms with E-state index in [2.05, 4.69) is 5.32 Å². The Morgan fingerprint density at radius 1 is 1.41 bits per heavy atom. The Balaban J connectivity index is 2.61. The van der Waals surface area contributed by atoms with E-state index < -0.39 is 6.10 Å². The number of benzene rings is 1. The molecule has 96 valence electrons. The van der Waals surface area contributed by atoms with Crippen molar-refractivity contribution < 1.29 is 14.9 Å². The van der Waals surface area contributed by atoms with Gasteiger partial charge in [0.05, 0.1) is 19.3 Å². The van der Waals surface area contributed by atoms with Crippen LogP contribution in [0.1, 0.15) is 13.3 Å². The molecule has 17 heavy (non-hydrogen) atoms. The number of aliphatic hydroxyl groups is 2. The molecule has 1 aromatic carbocycles. The second-order valence-corrected chi connectivity index (χ2v) is 3.86. The van der Waals surface area contributed by atoms with Crippen LogP contribution >= 0.6 is 0 Å². The maximum atomic E-state index is 9.22. The molecule has 5 heteroatoms. The highest BCUT2D eigenvalue weighted by molar-refractivity contribution is 5.59. The zero-order valence-corrected chi connectivity index (χ0v) is 10.0. The number of nitrogens with one attached hydrogen (secondary N) is 1. The van der Waals surface area contributed by atoms with E-state index in [-0.39, 0.29) is 13.2 Å². The van der Waals surface area contributed by atoms with Crippen molar-refractivity contribution in [2.24, 2.45) is 0 Å². The van der Waals surface area contributed by atoms with Crippen molar-refractivity contribution in [1.82, 2.24) is 0 Å². The fourth-order valence-corrected chi connectivity index (χ4v) is 1.33. The Bertz CT molecular complexity index is 345. The Morgan fingerprint density at radius 2 is 2.18 bits per heavy atom. The van der Waals surface area contributed by atoms with Gasteiger partial charge in [0.25, 0.3) is 0 Å². The summed E-state index contributed by atoms with van der Waals surface area (Å²) >= 11 is 0. The molecule has 0 spiro atoms. The summed E-state index contributed by atoms with van der Waals surface area (Å²) in [6.45, 7) is 2.67. The molecule has 1 unspecified atom stereocenters. The van der Waals surface area contributed by atoms with Gasteiger partial charge in [-0.1, -0.05) is 6.92 Å². The highest BCUT2D eigenvalue weighted by Crippen LogP contribution is 2.22. The van der Waals surface area contributed by atoms with Gasteiger partial charge < -0.3 is 26.0 Å². The fraction of sp³-hybridized carbons (Fsp3) is 0.500. The summed E-state index contributed by atoms with van der Waals surface area (Å²) in [6, 6.07) is 5.32. The normalized spacial score (nSPS) is 12.2. The second kappa shape index (κ2) is 6.98. The van der Waals surface area contributed by atoms with Gasteiger partial charge in [-0.25, -0.2) is 0 Å². The molecule has 0 bridgehead atoms. The lowest BCUT2D eigenvalue weighted by atomic mass is 10.2. The minimum absolute atomic E-state index is 0.269. The third kappa shape index (κ3) is 4.93. The summed E-state index contributed by atoms with van der Waals surface area (Å²) in [7, 11) is 0. The number of ether oxygens (including phenoxy) is 1. The summed E-state index contributed by atoms with van der Waals surface area (Å²) in [5, 5.41) is 20.9. The molecule has 0 fully saturated rings. The van der Waals surface area contributed by atoms with E-state index in [9.17, 15) is 5.11 Å². The van der Waals surface area contributed by atoms with Gasteiger partial charge >= 0.3 is 0 Å². The number of hydrogen-bond donors (Lipinski definition) is 4. The minimum atomic E-state index is -0.781. The average molecular weight is 240 g/mol. The molecule has 0 aromatic heterocycles. The number of aliphatic hydroxyl groups excluding tert-OH is 2. The summed E-state index contributed by atoms with van der Waals surface area (Å²) < 4.78 is 5.48. The number of nitrogen functional groups attached to an aromatic ring is 1. The maximum Gasteiger partial charge on any atom is 0.123 e. The molecule has 0 aliphatic carbocycles. The smallest absolute Gasteiger partial charge is 0.123 e. The molecule has 0 saturated carbocycles. The molecule has 0 aliphatic rings. The van der Waals surface area contributed by atoms with Crippen molar-refractivity contribution in [2.45, 2.75) is 19.4 Å². The Hall–Kier alpha value is -1.46. The predicted molar refractivity (Wildman–Crippen MR) is 68.2 cm³/mol. The number of hydrogen-bond acceptors (Lipinski definition) is 5. The molecular formula is C12H20N2O3. The fourth-order valence-electron chi connectivity index (χ4n) is 1.33. The third-order valence-corrected chi connectivity index (χ3v) is 2.15. The zero-order valence-electron chi connectivity index (χ0n) is 10.0. The van der Waals surface area contributed by atoms with Gasteiger partial charge in [0, 0.05) is 30.1 Å². The van der Waals surface area contributed by atoms with Crippen LogP contribution in [0.2, 0.25) is 0 Å². The molecular weight excluding hydrogens is 220 g/mol. The number of anilines is 2.